The van der Waals surface area contributed by atoms with Gasteiger partial charge in [0.2, 0.25) is 0 Å². The molecule has 116 valence electrons. The molecule has 0 saturated carbocycles. The molecular weight excluding hydrogens is 266 g/mol. The fraction of sp³-hybridized carbons (Fsp3) is 0.647. The molecule has 2 unspecified atom stereocenters. The van der Waals surface area contributed by atoms with Gasteiger partial charge >= 0.3 is 0 Å². The van der Waals surface area contributed by atoms with E-state index >= 15 is 0 Å². The maximum absolute atomic E-state index is 6.34. The number of benzene rings is 1. The van der Waals surface area contributed by atoms with Crippen LogP contribution >= 0.6 is 0 Å². The zero-order valence-corrected chi connectivity index (χ0v) is 13.0. The number of nitrogens with one attached hydrogen (secondary N) is 1. The van der Waals surface area contributed by atoms with Crippen molar-refractivity contribution in [3.8, 4) is 11.5 Å². The highest BCUT2D eigenvalue weighted by molar-refractivity contribution is 5.44. The van der Waals surface area contributed by atoms with Crippen molar-refractivity contribution in [2.45, 2.75) is 44.3 Å². The van der Waals surface area contributed by atoms with Crippen LogP contribution in [0.15, 0.2) is 18.2 Å². The summed E-state index contributed by atoms with van der Waals surface area (Å²) in [6, 6.07) is 6.13. The highest BCUT2D eigenvalue weighted by Gasteiger charge is 2.43. The number of ether oxygens (including phenoxy) is 3. The summed E-state index contributed by atoms with van der Waals surface area (Å²) in [6.07, 6.45) is 4.28. The summed E-state index contributed by atoms with van der Waals surface area (Å²) in [5.41, 5.74) is 1.02. The van der Waals surface area contributed by atoms with E-state index in [0.717, 1.165) is 62.4 Å². The van der Waals surface area contributed by atoms with Crippen LogP contribution in [0.25, 0.3) is 0 Å². The van der Waals surface area contributed by atoms with Crippen molar-refractivity contribution in [1.82, 2.24) is 5.32 Å². The van der Waals surface area contributed by atoms with Crippen LogP contribution in [0.2, 0.25) is 0 Å². The zero-order chi connectivity index (χ0) is 14.7. The summed E-state index contributed by atoms with van der Waals surface area (Å²) in [7, 11) is 1.78. The normalized spacial score (nSPS) is 27.4. The van der Waals surface area contributed by atoms with Crippen LogP contribution in [0.4, 0.5) is 0 Å². The Morgan fingerprint density at radius 2 is 2.33 bits per heavy atom. The Labute approximate surface area is 126 Å². The lowest BCUT2D eigenvalue weighted by atomic mass is 9.88. The van der Waals surface area contributed by atoms with Crippen molar-refractivity contribution >= 4 is 0 Å². The standard InChI is InChI=1S/C17H25NO3/c1-3-4-9-20-13-5-6-14-15(10-13)21-17(7-8-18-12-17)11-16(14)19-2/h5-6,10,16,18H,3-4,7-9,11-12H2,1-2H3. The number of unbranched alkanes of at least 4 members (excludes halogenated alkanes) is 1. The molecule has 0 aromatic heterocycles. The zero-order valence-electron chi connectivity index (χ0n) is 13.0. The molecule has 4 nitrogen and oxygen atoms in total. The molecule has 1 spiro atoms. The Morgan fingerprint density at radius 3 is 3.05 bits per heavy atom. The van der Waals surface area contributed by atoms with E-state index in [1.807, 2.05) is 12.1 Å². The van der Waals surface area contributed by atoms with Crippen LogP contribution in [-0.4, -0.2) is 32.4 Å². The van der Waals surface area contributed by atoms with E-state index in [1.165, 1.54) is 0 Å². The maximum Gasteiger partial charge on any atom is 0.129 e. The quantitative estimate of drug-likeness (QED) is 0.846. The molecule has 1 fully saturated rings. The highest BCUT2D eigenvalue weighted by Crippen LogP contribution is 2.44. The monoisotopic (exact) mass is 291 g/mol. The van der Waals surface area contributed by atoms with Gasteiger partial charge in [0.25, 0.3) is 0 Å². The third-order valence-corrected chi connectivity index (χ3v) is 4.47. The first-order valence-electron chi connectivity index (χ1n) is 7.95. The van der Waals surface area contributed by atoms with Crippen LogP contribution in [0.5, 0.6) is 11.5 Å². The predicted octanol–water partition coefficient (Wildman–Crippen LogP) is 3.07. The SMILES string of the molecule is CCCCOc1ccc2c(c1)OC1(CCNC1)CC2OC. The van der Waals surface area contributed by atoms with Crippen molar-refractivity contribution in [1.29, 1.82) is 0 Å². The molecule has 4 heteroatoms. The Morgan fingerprint density at radius 1 is 1.43 bits per heavy atom. The first-order valence-corrected chi connectivity index (χ1v) is 7.95. The van der Waals surface area contributed by atoms with Gasteiger partial charge in [-0.15, -0.1) is 0 Å². The molecule has 0 amide bonds. The van der Waals surface area contributed by atoms with E-state index in [1.54, 1.807) is 7.11 Å². The molecule has 1 aromatic rings. The van der Waals surface area contributed by atoms with Gasteiger partial charge in [-0.3, -0.25) is 0 Å². The molecule has 2 heterocycles. The molecule has 0 bridgehead atoms. The molecule has 1 aromatic carbocycles. The summed E-state index contributed by atoms with van der Waals surface area (Å²) < 4.78 is 17.8. The Balaban J connectivity index is 1.81. The highest BCUT2D eigenvalue weighted by atomic mass is 16.5. The minimum Gasteiger partial charge on any atom is -0.493 e. The van der Waals surface area contributed by atoms with Gasteiger partial charge in [0.1, 0.15) is 17.1 Å². The van der Waals surface area contributed by atoms with Gasteiger partial charge in [0, 0.05) is 38.1 Å². The summed E-state index contributed by atoms with van der Waals surface area (Å²) in [6.45, 7) is 4.83. The predicted molar refractivity (Wildman–Crippen MR) is 82.1 cm³/mol. The molecule has 2 aliphatic heterocycles. The summed E-state index contributed by atoms with van der Waals surface area (Å²) in [5.74, 6) is 1.81. The van der Waals surface area contributed by atoms with Gasteiger partial charge in [0.15, 0.2) is 0 Å². The molecule has 2 atom stereocenters. The van der Waals surface area contributed by atoms with Gasteiger partial charge in [-0.05, 0) is 25.1 Å². The van der Waals surface area contributed by atoms with Gasteiger partial charge in [-0.1, -0.05) is 13.3 Å². The van der Waals surface area contributed by atoms with E-state index in [9.17, 15) is 0 Å². The smallest absolute Gasteiger partial charge is 0.129 e. The molecule has 2 aliphatic rings. The number of hydrogen-bond acceptors (Lipinski definition) is 4. The van der Waals surface area contributed by atoms with E-state index < -0.39 is 0 Å². The van der Waals surface area contributed by atoms with E-state index in [0.29, 0.717) is 0 Å². The lowest BCUT2D eigenvalue weighted by Crippen LogP contribution is -2.43. The Hall–Kier alpha value is -1.26. The fourth-order valence-corrected chi connectivity index (χ4v) is 3.21. The molecule has 21 heavy (non-hydrogen) atoms. The van der Waals surface area contributed by atoms with Crippen LogP contribution in [0.1, 0.15) is 44.3 Å². The molecule has 0 aliphatic carbocycles. The number of hydrogen-bond donors (Lipinski definition) is 1. The average Bonchev–Trinajstić information content (AvgIpc) is 2.94. The molecular formula is C17H25NO3. The van der Waals surface area contributed by atoms with Gasteiger partial charge in [0.05, 0.1) is 12.7 Å². The molecule has 3 rings (SSSR count). The fourth-order valence-electron chi connectivity index (χ4n) is 3.21. The van der Waals surface area contributed by atoms with Crippen LogP contribution in [0, 0.1) is 0 Å². The van der Waals surface area contributed by atoms with E-state index in [4.69, 9.17) is 14.2 Å². The second kappa shape index (κ2) is 6.24. The van der Waals surface area contributed by atoms with Gasteiger partial charge < -0.3 is 19.5 Å². The van der Waals surface area contributed by atoms with E-state index in [-0.39, 0.29) is 11.7 Å². The summed E-state index contributed by atoms with van der Waals surface area (Å²) in [5, 5.41) is 3.40. The van der Waals surface area contributed by atoms with Crippen molar-refractivity contribution in [3.05, 3.63) is 23.8 Å². The largest absolute Gasteiger partial charge is 0.493 e. The first-order chi connectivity index (χ1) is 10.3. The molecule has 0 radical (unpaired) electrons. The summed E-state index contributed by atoms with van der Waals surface area (Å²) in [4.78, 5) is 0. The second-order valence-electron chi connectivity index (χ2n) is 6.04. The van der Waals surface area contributed by atoms with Crippen molar-refractivity contribution in [3.63, 3.8) is 0 Å². The Kier molecular flexibility index (Phi) is 4.36. The van der Waals surface area contributed by atoms with Gasteiger partial charge in [-0.2, -0.15) is 0 Å². The number of methoxy groups -OCH3 is 1. The van der Waals surface area contributed by atoms with Crippen LogP contribution in [-0.2, 0) is 4.74 Å². The van der Waals surface area contributed by atoms with Crippen molar-refractivity contribution < 1.29 is 14.2 Å². The van der Waals surface area contributed by atoms with Crippen LogP contribution in [0.3, 0.4) is 0 Å². The minimum absolute atomic E-state index is 0.110. The third-order valence-electron chi connectivity index (χ3n) is 4.47. The maximum atomic E-state index is 6.34. The average molecular weight is 291 g/mol. The number of rotatable bonds is 5. The molecule has 1 saturated heterocycles. The van der Waals surface area contributed by atoms with Crippen molar-refractivity contribution in [2.24, 2.45) is 0 Å². The van der Waals surface area contributed by atoms with Crippen LogP contribution < -0.4 is 14.8 Å². The van der Waals surface area contributed by atoms with Crippen molar-refractivity contribution in [2.75, 3.05) is 26.8 Å². The topological polar surface area (TPSA) is 39.7 Å². The third kappa shape index (κ3) is 3.01. The Bertz CT molecular complexity index is 483. The lowest BCUT2D eigenvalue weighted by molar-refractivity contribution is -0.0204. The van der Waals surface area contributed by atoms with E-state index in [2.05, 4.69) is 18.3 Å². The first kappa shape index (κ1) is 14.7. The second-order valence-corrected chi connectivity index (χ2v) is 6.04. The summed E-state index contributed by atoms with van der Waals surface area (Å²) >= 11 is 0. The van der Waals surface area contributed by atoms with Gasteiger partial charge in [-0.25, -0.2) is 0 Å². The number of fused-ring (bicyclic) bond motifs is 1. The molecule has 1 N–H and O–H groups in total. The lowest BCUT2D eigenvalue weighted by Gasteiger charge is -2.39. The minimum atomic E-state index is -0.115.